The van der Waals surface area contributed by atoms with Gasteiger partial charge in [0.15, 0.2) is 0 Å². The lowest BCUT2D eigenvalue weighted by Gasteiger charge is -2.40. The van der Waals surface area contributed by atoms with Crippen LogP contribution in [-0.2, 0) is 6.42 Å². The van der Waals surface area contributed by atoms with E-state index in [0.717, 1.165) is 31.6 Å². The highest BCUT2D eigenvalue weighted by Crippen LogP contribution is 2.29. The van der Waals surface area contributed by atoms with Crippen LogP contribution in [0.15, 0.2) is 24.3 Å². The first kappa shape index (κ1) is 17.3. The summed E-state index contributed by atoms with van der Waals surface area (Å²) in [6.07, 6.45) is 3.20. The summed E-state index contributed by atoms with van der Waals surface area (Å²) in [5.74, 6) is 1.20. The molecule has 3 nitrogen and oxygen atoms in total. The topological polar surface area (TPSA) is 41.5 Å². The zero-order valence-electron chi connectivity index (χ0n) is 12.6. The normalized spacial score (nSPS) is 23.0. The third-order valence-corrected chi connectivity index (χ3v) is 4.11. The number of aliphatic hydroxyl groups is 1. The van der Waals surface area contributed by atoms with E-state index >= 15 is 0 Å². The SMILES string of the molecule is COc1ccc(CC2NCCCC2C(C)(C)O)cc1.Cl. The van der Waals surface area contributed by atoms with Crippen molar-refractivity contribution in [2.24, 2.45) is 5.92 Å². The quantitative estimate of drug-likeness (QED) is 0.898. The molecular weight excluding hydrogens is 274 g/mol. The molecule has 0 aliphatic carbocycles. The highest BCUT2D eigenvalue weighted by atomic mass is 35.5. The Balaban J connectivity index is 0.00000200. The number of hydrogen-bond acceptors (Lipinski definition) is 3. The Bertz CT molecular complexity index is 400. The molecule has 0 aromatic heterocycles. The molecule has 0 bridgehead atoms. The van der Waals surface area contributed by atoms with Crippen molar-refractivity contribution in [2.75, 3.05) is 13.7 Å². The number of benzene rings is 1. The van der Waals surface area contributed by atoms with Crippen molar-refractivity contribution < 1.29 is 9.84 Å². The van der Waals surface area contributed by atoms with Gasteiger partial charge in [-0.25, -0.2) is 0 Å². The van der Waals surface area contributed by atoms with Crippen LogP contribution in [0.5, 0.6) is 5.75 Å². The number of hydrogen-bond donors (Lipinski definition) is 2. The van der Waals surface area contributed by atoms with Gasteiger partial charge in [-0.2, -0.15) is 0 Å². The van der Waals surface area contributed by atoms with E-state index in [1.165, 1.54) is 5.56 Å². The van der Waals surface area contributed by atoms with Crippen molar-refractivity contribution in [3.63, 3.8) is 0 Å². The largest absolute Gasteiger partial charge is 0.497 e. The van der Waals surface area contributed by atoms with Gasteiger partial charge in [-0.05, 0) is 57.4 Å². The fraction of sp³-hybridized carbons (Fsp3) is 0.625. The molecule has 0 spiro atoms. The molecule has 2 atom stereocenters. The number of methoxy groups -OCH3 is 1. The third kappa shape index (κ3) is 4.37. The molecule has 1 heterocycles. The van der Waals surface area contributed by atoms with Gasteiger partial charge in [0, 0.05) is 12.0 Å². The molecule has 1 aliphatic heterocycles. The summed E-state index contributed by atoms with van der Waals surface area (Å²) in [6, 6.07) is 8.56. The van der Waals surface area contributed by atoms with E-state index in [4.69, 9.17) is 4.74 Å². The van der Waals surface area contributed by atoms with Crippen LogP contribution < -0.4 is 10.1 Å². The Morgan fingerprint density at radius 3 is 2.50 bits per heavy atom. The highest BCUT2D eigenvalue weighted by molar-refractivity contribution is 5.85. The van der Waals surface area contributed by atoms with Crippen molar-refractivity contribution in [3.05, 3.63) is 29.8 Å². The Labute approximate surface area is 128 Å². The number of piperidine rings is 1. The van der Waals surface area contributed by atoms with E-state index in [-0.39, 0.29) is 12.4 Å². The van der Waals surface area contributed by atoms with E-state index in [0.29, 0.717) is 12.0 Å². The summed E-state index contributed by atoms with van der Waals surface area (Å²) < 4.78 is 5.18. The summed E-state index contributed by atoms with van der Waals surface area (Å²) in [6.45, 7) is 4.89. The molecule has 1 aliphatic rings. The van der Waals surface area contributed by atoms with E-state index in [1.54, 1.807) is 7.11 Å². The number of nitrogens with one attached hydrogen (secondary N) is 1. The molecule has 1 aromatic rings. The fourth-order valence-electron chi connectivity index (χ4n) is 3.03. The molecule has 1 saturated heterocycles. The monoisotopic (exact) mass is 299 g/mol. The smallest absolute Gasteiger partial charge is 0.118 e. The van der Waals surface area contributed by atoms with Gasteiger partial charge in [-0.1, -0.05) is 12.1 Å². The van der Waals surface area contributed by atoms with Crippen LogP contribution >= 0.6 is 12.4 Å². The van der Waals surface area contributed by atoms with Gasteiger partial charge in [-0.3, -0.25) is 0 Å². The Hall–Kier alpha value is -0.770. The minimum Gasteiger partial charge on any atom is -0.497 e. The molecule has 2 N–H and O–H groups in total. The first-order chi connectivity index (χ1) is 9.00. The molecule has 2 unspecified atom stereocenters. The molecule has 114 valence electrons. The van der Waals surface area contributed by atoms with Gasteiger partial charge in [0.2, 0.25) is 0 Å². The van der Waals surface area contributed by atoms with Gasteiger partial charge in [0.05, 0.1) is 12.7 Å². The average molecular weight is 300 g/mol. The van der Waals surface area contributed by atoms with Crippen LogP contribution in [0.2, 0.25) is 0 Å². The summed E-state index contributed by atoms with van der Waals surface area (Å²) in [5.41, 5.74) is 0.666. The number of rotatable bonds is 4. The predicted octanol–water partition coefficient (Wildman–Crippen LogP) is 2.80. The predicted molar refractivity (Wildman–Crippen MR) is 84.8 cm³/mol. The molecule has 1 fully saturated rings. The van der Waals surface area contributed by atoms with Crippen LogP contribution in [0.3, 0.4) is 0 Å². The summed E-state index contributed by atoms with van der Waals surface area (Å²) in [4.78, 5) is 0. The van der Waals surface area contributed by atoms with Crippen LogP contribution in [0.4, 0.5) is 0 Å². The fourth-order valence-corrected chi connectivity index (χ4v) is 3.03. The molecule has 0 radical (unpaired) electrons. The lowest BCUT2D eigenvalue weighted by Crippen LogP contribution is -2.51. The van der Waals surface area contributed by atoms with Gasteiger partial charge >= 0.3 is 0 Å². The summed E-state index contributed by atoms with van der Waals surface area (Å²) in [5, 5.41) is 13.9. The zero-order chi connectivity index (χ0) is 13.9. The van der Waals surface area contributed by atoms with Crippen LogP contribution in [0.1, 0.15) is 32.3 Å². The van der Waals surface area contributed by atoms with Crippen molar-refractivity contribution in [2.45, 2.75) is 44.8 Å². The standard InChI is InChI=1S/C16H25NO2.ClH/c1-16(2,18)14-5-4-10-17-15(14)11-12-6-8-13(19-3)9-7-12;/h6-9,14-15,17-18H,4-5,10-11H2,1-3H3;1H. The molecule has 0 amide bonds. The lowest BCUT2D eigenvalue weighted by atomic mass is 9.77. The van der Waals surface area contributed by atoms with Gasteiger partial charge < -0.3 is 15.2 Å². The second-order valence-electron chi connectivity index (χ2n) is 6.02. The van der Waals surface area contributed by atoms with Crippen LogP contribution in [0.25, 0.3) is 0 Å². The van der Waals surface area contributed by atoms with Crippen molar-refractivity contribution in [1.82, 2.24) is 5.32 Å². The first-order valence-electron chi connectivity index (χ1n) is 7.09. The molecule has 0 saturated carbocycles. The van der Waals surface area contributed by atoms with Crippen LogP contribution in [0, 0.1) is 5.92 Å². The maximum Gasteiger partial charge on any atom is 0.118 e. The summed E-state index contributed by atoms with van der Waals surface area (Å²) in [7, 11) is 1.68. The first-order valence-corrected chi connectivity index (χ1v) is 7.09. The van der Waals surface area contributed by atoms with Gasteiger partial charge in [0.25, 0.3) is 0 Å². The van der Waals surface area contributed by atoms with E-state index in [2.05, 4.69) is 17.4 Å². The maximum atomic E-state index is 10.3. The maximum absolute atomic E-state index is 10.3. The molecule has 1 aromatic carbocycles. The average Bonchev–Trinajstić information content (AvgIpc) is 2.39. The molecule has 2 rings (SSSR count). The molecule has 4 heteroatoms. The van der Waals surface area contributed by atoms with Gasteiger partial charge in [0.1, 0.15) is 5.75 Å². The van der Waals surface area contributed by atoms with Crippen LogP contribution in [-0.4, -0.2) is 30.4 Å². The highest BCUT2D eigenvalue weighted by Gasteiger charge is 2.35. The zero-order valence-corrected chi connectivity index (χ0v) is 13.4. The van der Waals surface area contributed by atoms with E-state index in [9.17, 15) is 5.11 Å². The second-order valence-corrected chi connectivity index (χ2v) is 6.02. The van der Waals surface area contributed by atoms with Crippen molar-refractivity contribution in [1.29, 1.82) is 0 Å². The second kappa shape index (κ2) is 7.30. The minimum absolute atomic E-state index is 0. The van der Waals surface area contributed by atoms with Crippen molar-refractivity contribution >= 4 is 12.4 Å². The Kier molecular flexibility index (Phi) is 6.31. The van der Waals surface area contributed by atoms with E-state index < -0.39 is 5.60 Å². The number of halogens is 1. The van der Waals surface area contributed by atoms with Crippen molar-refractivity contribution in [3.8, 4) is 5.75 Å². The molecule has 20 heavy (non-hydrogen) atoms. The van der Waals surface area contributed by atoms with E-state index in [1.807, 2.05) is 26.0 Å². The summed E-state index contributed by atoms with van der Waals surface area (Å²) >= 11 is 0. The third-order valence-electron chi connectivity index (χ3n) is 4.11. The lowest BCUT2D eigenvalue weighted by molar-refractivity contribution is -0.0131. The molecular formula is C16H26ClNO2. The Morgan fingerprint density at radius 1 is 1.30 bits per heavy atom. The van der Waals surface area contributed by atoms with Gasteiger partial charge in [-0.15, -0.1) is 12.4 Å². The number of ether oxygens (including phenoxy) is 1. The Morgan fingerprint density at radius 2 is 1.95 bits per heavy atom. The minimum atomic E-state index is -0.620.